The summed E-state index contributed by atoms with van der Waals surface area (Å²) >= 11 is 0. The quantitative estimate of drug-likeness (QED) is 0.820. The zero-order valence-corrected chi connectivity index (χ0v) is 11.6. The average molecular weight is 287 g/mol. The number of hydrogen-bond donors (Lipinski definition) is 0. The Morgan fingerprint density at radius 1 is 1.25 bits per heavy atom. The van der Waals surface area contributed by atoms with Gasteiger partial charge in [0.15, 0.2) is 0 Å². The molecule has 0 radical (unpaired) electrons. The number of rotatable bonds is 5. The van der Waals surface area contributed by atoms with Gasteiger partial charge in [-0.3, -0.25) is 4.90 Å². The van der Waals surface area contributed by atoms with E-state index in [0.717, 1.165) is 5.56 Å². The first-order valence-corrected chi connectivity index (χ1v) is 6.93. The third-order valence-corrected chi connectivity index (χ3v) is 3.91. The Morgan fingerprint density at radius 3 is 2.55 bits per heavy atom. The highest BCUT2D eigenvalue weighted by molar-refractivity contribution is 5.16. The van der Waals surface area contributed by atoms with Gasteiger partial charge in [-0.15, -0.1) is 0 Å². The van der Waals surface area contributed by atoms with Gasteiger partial charge in [0.2, 0.25) is 0 Å². The normalized spacial score (nSPS) is 24.2. The summed E-state index contributed by atoms with van der Waals surface area (Å²) in [7, 11) is 0. The summed E-state index contributed by atoms with van der Waals surface area (Å²) in [5, 5.41) is 0. The van der Waals surface area contributed by atoms with E-state index in [2.05, 4.69) is 0 Å². The lowest BCUT2D eigenvalue weighted by Crippen LogP contribution is -2.58. The van der Waals surface area contributed by atoms with E-state index in [1.807, 2.05) is 30.3 Å². The minimum absolute atomic E-state index is 0.114. The molecular formula is C15H20F3NO. The Hall–Kier alpha value is -1.07. The van der Waals surface area contributed by atoms with Crippen LogP contribution in [0.5, 0.6) is 0 Å². The number of alkyl halides is 3. The smallest absolute Gasteiger partial charge is 0.379 e. The van der Waals surface area contributed by atoms with Crippen LogP contribution in [0, 0.1) is 0 Å². The highest BCUT2D eigenvalue weighted by atomic mass is 19.4. The Bertz CT molecular complexity index is 421. The van der Waals surface area contributed by atoms with Gasteiger partial charge in [0.1, 0.15) is 5.54 Å². The molecule has 1 unspecified atom stereocenters. The monoisotopic (exact) mass is 287 g/mol. The standard InChI is InChI=1S/C15H20F3NO/c1-2-20-12-14(15(16,17)18)9-6-10-19(14)11-13-7-4-3-5-8-13/h3-5,7-8H,2,6,9-12H2,1H3. The van der Waals surface area contributed by atoms with Crippen molar-refractivity contribution in [2.24, 2.45) is 0 Å². The molecule has 1 aliphatic rings. The molecule has 0 bridgehead atoms. The second kappa shape index (κ2) is 6.14. The lowest BCUT2D eigenvalue weighted by atomic mass is 9.95. The summed E-state index contributed by atoms with van der Waals surface area (Å²) in [6.45, 7) is 2.52. The maximum atomic E-state index is 13.6. The van der Waals surface area contributed by atoms with Gasteiger partial charge < -0.3 is 4.74 Å². The molecule has 1 atom stereocenters. The van der Waals surface area contributed by atoms with Gasteiger partial charge in [-0.05, 0) is 31.9 Å². The van der Waals surface area contributed by atoms with Crippen molar-refractivity contribution in [2.75, 3.05) is 19.8 Å². The third-order valence-electron chi connectivity index (χ3n) is 3.91. The summed E-state index contributed by atoms with van der Waals surface area (Å²) in [5.74, 6) is 0. The minimum atomic E-state index is -4.27. The van der Waals surface area contributed by atoms with E-state index in [9.17, 15) is 13.2 Å². The number of benzene rings is 1. The van der Waals surface area contributed by atoms with Crippen LogP contribution >= 0.6 is 0 Å². The second-order valence-corrected chi connectivity index (χ2v) is 5.18. The lowest BCUT2D eigenvalue weighted by molar-refractivity contribution is -0.240. The molecule has 0 aliphatic carbocycles. The SMILES string of the molecule is CCOCC1(C(F)(F)F)CCCN1Cc1ccccc1. The van der Waals surface area contributed by atoms with Crippen LogP contribution in [0.4, 0.5) is 13.2 Å². The predicted molar refractivity (Wildman–Crippen MR) is 71.4 cm³/mol. The van der Waals surface area contributed by atoms with Crippen LogP contribution < -0.4 is 0 Å². The minimum Gasteiger partial charge on any atom is -0.379 e. The molecule has 0 spiro atoms. The van der Waals surface area contributed by atoms with E-state index in [4.69, 9.17) is 4.74 Å². The van der Waals surface area contributed by atoms with Crippen molar-refractivity contribution in [3.05, 3.63) is 35.9 Å². The van der Waals surface area contributed by atoms with Gasteiger partial charge >= 0.3 is 6.18 Å². The molecule has 0 aromatic heterocycles. The van der Waals surface area contributed by atoms with Crippen molar-refractivity contribution in [1.29, 1.82) is 0 Å². The van der Waals surface area contributed by atoms with Crippen molar-refractivity contribution >= 4 is 0 Å². The maximum absolute atomic E-state index is 13.6. The van der Waals surface area contributed by atoms with Gasteiger partial charge in [-0.2, -0.15) is 13.2 Å². The summed E-state index contributed by atoms with van der Waals surface area (Å²) in [4.78, 5) is 1.53. The number of nitrogens with zero attached hydrogens (tertiary/aromatic N) is 1. The molecule has 1 aromatic carbocycles. The summed E-state index contributed by atoms with van der Waals surface area (Å²) in [6.07, 6.45) is -3.60. The number of likely N-dealkylation sites (tertiary alicyclic amines) is 1. The third kappa shape index (κ3) is 2.99. The molecule has 1 aliphatic heterocycles. The van der Waals surface area contributed by atoms with E-state index >= 15 is 0 Å². The summed E-state index contributed by atoms with van der Waals surface area (Å²) in [5.41, 5.74) is -0.932. The van der Waals surface area contributed by atoms with Crippen molar-refractivity contribution in [3.8, 4) is 0 Å². The Morgan fingerprint density at radius 2 is 1.95 bits per heavy atom. The zero-order chi connectivity index (χ0) is 14.6. The van der Waals surface area contributed by atoms with Gasteiger partial charge in [-0.1, -0.05) is 30.3 Å². The summed E-state index contributed by atoms with van der Waals surface area (Å²) in [6, 6.07) is 9.29. The summed E-state index contributed by atoms with van der Waals surface area (Å²) < 4.78 is 45.9. The largest absolute Gasteiger partial charge is 0.409 e. The van der Waals surface area contributed by atoms with Crippen molar-refractivity contribution in [2.45, 2.75) is 38.0 Å². The Balaban J connectivity index is 2.21. The first kappa shape index (κ1) is 15.3. The molecular weight excluding hydrogens is 267 g/mol. The molecule has 20 heavy (non-hydrogen) atoms. The van der Waals surface area contributed by atoms with Crippen LogP contribution in [-0.4, -0.2) is 36.4 Å². The van der Waals surface area contributed by atoms with E-state index in [-0.39, 0.29) is 13.0 Å². The van der Waals surface area contributed by atoms with Crippen LogP contribution in [0.25, 0.3) is 0 Å². The van der Waals surface area contributed by atoms with Gasteiger partial charge in [0.25, 0.3) is 0 Å². The molecule has 0 saturated carbocycles. The zero-order valence-electron chi connectivity index (χ0n) is 11.6. The van der Waals surface area contributed by atoms with E-state index in [0.29, 0.717) is 26.1 Å². The van der Waals surface area contributed by atoms with Crippen molar-refractivity contribution in [1.82, 2.24) is 4.90 Å². The first-order valence-electron chi connectivity index (χ1n) is 6.93. The Kier molecular flexibility index (Phi) is 4.70. The van der Waals surface area contributed by atoms with Crippen LogP contribution in [0.1, 0.15) is 25.3 Å². The topological polar surface area (TPSA) is 12.5 Å². The molecule has 1 aromatic rings. The average Bonchev–Trinajstić information content (AvgIpc) is 2.81. The van der Waals surface area contributed by atoms with Gasteiger partial charge in [0, 0.05) is 13.2 Å². The van der Waals surface area contributed by atoms with E-state index in [1.54, 1.807) is 6.92 Å². The fraction of sp³-hybridized carbons (Fsp3) is 0.600. The fourth-order valence-electron chi connectivity index (χ4n) is 2.81. The molecule has 1 fully saturated rings. The highest BCUT2D eigenvalue weighted by Crippen LogP contribution is 2.44. The molecule has 0 amide bonds. The van der Waals surface area contributed by atoms with Gasteiger partial charge in [-0.25, -0.2) is 0 Å². The molecule has 112 valence electrons. The fourth-order valence-corrected chi connectivity index (χ4v) is 2.81. The first-order chi connectivity index (χ1) is 9.49. The molecule has 2 rings (SSSR count). The van der Waals surface area contributed by atoms with Crippen LogP contribution in [-0.2, 0) is 11.3 Å². The molecule has 0 N–H and O–H groups in total. The molecule has 2 nitrogen and oxygen atoms in total. The number of ether oxygens (including phenoxy) is 1. The van der Waals surface area contributed by atoms with Crippen LogP contribution in [0.3, 0.4) is 0 Å². The van der Waals surface area contributed by atoms with Gasteiger partial charge in [0.05, 0.1) is 6.61 Å². The second-order valence-electron chi connectivity index (χ2n) is 5.18. The molecule has 1 saturated heterocycles. The molecule has 1 heterocycles. The van der Waals surface area contributed by atoms with E-state index in [1.165, 1.54) is 4.90 Å². The predicted octanol–water partition coefficient (Wildman–Crippen LogP) is 3.62. The number of hydrogen-bond acceptors (Lipinski definition) is 2. The van der Waals surface area contributed by atoms with Crippen molar-refractivity contribution in [3.63, 3.8) is 0 Å². The van der Waals surface area contributed by atoms with E-state index < -0.39 is 11.7 Å². The Labute approximate surface area is 117 Å². The lowest BCUT2D eigenvalue weighted by Gasteiger charge is -2.39. The van der Waals surface area contributed by atoms with Crippen LogP contribution in [0.2, 0.25) is 0 Å². The molecule has 5 heteroatoms. The highest BCUT2D eigenvalue weighted by Gasteiger charge is 2.60. The number of halogens is 3. The maximum Gasteiger partial charge on any atom is 0.409 e. The van der Waals surface area contributed by atoms with Crippen molar-refractivity contribution < 1.29 is 17.9 Å². The van der Waals surface area contributed by atoms with Crippen LogP contribution in [0.15, 0.2) is 30.3 Å².